The summed E-state index contributed by atoms with van der Waals surface area (Å²) in [6.07, 6.45) is 3.42. The SMILES string of the molecule is CC(C)(C)OC(=O)N1CCCC(c2ccnc(-c3ccc(C(=O)O)cc3)c2)C1. The fourth-order valence-electron chi connectivity index (χ4n) is 3.38. The number of hydrogen-bond donors (Lipinski definition) is 1. The summed E-state index contributed by atoms with van der Waals surface area (Å²) in [4.78, 5) is 29.6. The van der Waals surface area contributed by atoms with E-state index < -0.39 is 11.6 Å². The molecule has 0 saturated carbocycles. The molecule has 0 bridgehead atoms. The number of aromatic nitrogens is 1. The van der Waals surface area contributed by atoms with Crippen molar-refractivity contribution in [1.82, 2.24) is 9.88 Å². The van der Waals surface area contributed by atoms with Gasteiger partial charge in [0.25, 0.3) is 0 Å². The summed E-state index contributed by atoms with van der Waals surface area (Å²) in [6, 6.07) is 10.7. The van der Waals surface area contributed by atoms with Gasteiger partial charge in [-0.1, -0.05) is 12.1 Å². The van der Waals surface area contributed by atoms with E-state index in [0.717, 1.165) is 29.7 Å². The zero-order valence-electron chi connectivity index (χ0n) is 16.5. The van der Waals surface area contributed by atoms with Crippen LogP contribution in [0.3, 0.4) is 0 Å². The molecule has 28 heavy (non-hydrogen) atoms. The Bertz CT molecular complexity index is 856. The first kappa shape index (κ1) is 19.9. The van der Waals surface area contributed by atoms with Crippen molar-refractivity contribution in [2.45, 2.75) is 45.1 Å². The second-order valence-corrected chi connectivity index (χ2v) is 8.12. The number of ether oxygens (including phenoxy) is 1. The average molecular weight is 382 g/mol. The van der Waals surface area contributed by atoms with Crippen molar-refractivity contribution >= 4 is 12.1 Å². The Morgan fingerprint density at radius 3 is 2.54 bits per heavy atom. The molecule has 1 fully saturated rings. The van der Waals surface area contributed by atoms with Crippen molar-refractivity contribution < 1.29 is 19.4 Å². The van der Waals surface area contributed by atoms with Crippen molar-refractivity contribution in [2.24, 2.45) is 0 Å². The highest BCUT2D eigenvalue weighted by Gasteiger charge is 2.28. The third kappa shape index (κ3) is 4.88. The number of pyridine rings is 1. The number of likely N-dealkylation sites (tertiary alicyclic amines) is 1. The van der Waals surface area contributed by atoms with Gasteiger partial charge < -0.3 is 14.7 Å². The minimum Gasteiger partial charge on any atom is -0.478 e. The van der Waals surface area contributed by atoms with E-state index in [0.29, 0.717) is 13.1 Å². The van der Waals surface area contributed by atoms with Gasteiger partial charge in [0.1, 0.15) is 5.60 Å². The summed E-state index contributed by atoms with van der Waals surface area (Å²) >= 11 is 0. The largest absolute Gasteiger partial charge is 0.478 e. The van der Waals surface area contributed by atoms with E-state index in [-0.39, 0.29) is 17.6 Å². The molecule has 1 aromatic heterocycles. The molecule has 1 aliphatic heterocycles. The zero-order chi connectivity index (χ0) is 20.3. The van der Waals surface area contributed by atoms with Gasteiger partial charge in [-0.25, -0.2) is 9.59 Å². The molecule has 1 unspecified atom stereocenters. The number of carboxylic acid groups (broad SMARTS) is 1. The van der Waals surface area contributed by atoms with Crippen LogP contribution < -0.4 is 0 Å². The van der Waals surface area contributed by atoms with Crippen LogP contribution in [0.2, 0.25) is 0 Å². The summed E-state index contributed by atoms with van der Waals surface area (Å²) in [6.45, 7) is 6.95. The average Bonchev–Trinajstić information content (AvgIpc) is 2.67. The van der Waals surface area contributed by atoms with Gasteiger partial charge in [-0.2, -0.15) is 0 Å². The molecule has 2 heterocycles. The summed E-state index contributed by atoms with van der Waals surface area (Å²) in [5, 5.41) is 9.04. The van der Waals surface area contributed by atoms with Crippen LogP contribution in [0.4, 0.5) is 4.79 Å². The number of carbonyl (C=O) groups excluding carboxylic acids is 1. The van der Waals surface area contributed by atoms with E-state index in [1.807, 2.05) is 32.9 Å². The predicted molar refractivity (Wildman–Crippen MR) is 106 cm³/mol. The Hall–Kier alpha value is -2.89. The molecule has 6 nitrogen and oxygen atoms in total. The van der Waals surface area contributed by atoms with Gasteiger partial charge in [-0.3, -0.25) is 4.98 Å². The highest BCUT2D eigenvalue weighted by Crippen LogP contribution is 2.30. The quantitative estimate of drug-likeness (QED) is 0.842. The maximum Gasteiger partial charge on any atom is 0.410 e. The van der Waals surface area contributed by atoms with Gasteiger partial charge in [-0.05, 0) is 63.4 Å². The normalized spacial score (nSPS) is 17.2. The molecule has 1 saturated heterocycles. The van der Waals surface area contributed by atoms with E-state index in [1.54, 1.807) is 35.4 Å². The number of aromatic carboxylic acids is 1. The molecule has 1 N–H and O–H groups in total. The molecule has 0 radical (unpaired) electrons. The van der Waals surface area contributed by atoms with Crippen LogP contribution in [0.5, 0.6) is 0 Å². The monoisotopic (exact) mass is 382 g/mol. The second kappa shape index (κ2) is 8.00. The molecular weight excluding hydrogens is 356 g/mol. The molecule has 0 spiro atoms. The smallest absolute Gasteiger partial charge is 0.410 e. The van der Waals surface area contributed by atoms with Crippen molar-refractivity contribution in [3.8, 4) is 11.3 Å². The molecule has 1 atom stereocenters. The van der Waals surface area contributed by atoms with Crippen LogP contribution in [0, 0.1) is 0 Å². The molecule has 1 aromatic carbocycles. The standard InChI is InChI=1S/C22H26N2O4/c1-22(2,3)28-21(27)24-12-4-5-18(14-24)17-10-11-23-19(13-17)15-6-8-16(9-7-15)20(25)26/h6-11,13,18H,4-5,12,14H2,1-3H3,(H,25,26). The van der Waals surface area contributed by atoms with Crippen LogP contribution in [0.1, 0.15) is 55.5 Å². The second-order valence-electron chi connectivity index (χ2n) is 8.12. The zero-order valence-corrected chi connectivity index (χ0v) is 16.5. The first-order chi connectivity index (χ1) is 13.2. The summed E-state index contributed by atoms with van der Waals surface area (Å²) in [5.74, 6) is -0.723. The van der Waals surface area contributed by atoms with Crippen molar-refractivity contribution in [2.75, 3.05) is 13.1 Å². The maximum atomic E-state index is 12.4. The predicted octanol–water partition coefficient (Wildman–Crippen LogP) is 4.56. The van der Waals surface area contributed by atoms with Crippen LogP contribution in [-0.2, 0) is 4.74 Å². The third-order valence-corrected chi connectivity index (χ3v) is 4.76. The molecular formula is C22H26N2O4. The van der Waals surface area contributed by atoms with Crippen LogP contribution in [-0.4, -0.2) is 45.7 Å². The first-order valence-electron chi connectivity index (χ1n) is 9.50. The number of rotatable bonds is 3. The lowest BCUT2D eigenvalue weighted by Crippen LogP contribution is -2.42. The highest BCUT2D eigenvalue weighted by atomic mass is 16.6. The number of benzene rings is 1. The molecule has 1 aliphatic rings. The van der Waals surface area contributed by atoms with E-state index in [4.69, 9.17) is 9.84 Å². The fourth-order valence-corrected chi connectivity index (χ4v) is 3.38. The third-order valence-electron chi connectivity index (χ3n) is 4.76. The van der Waals surface area contributed by atoms with Crippen LogP contribution in [0.25, 0.3) is 11.3 Å². The van der Waals surface area contributed by atoms with E-state index in [2.05, 4.69) is 4.98 Å². The minimum absolute atomic E-state index is 0.223. The van der Waals surface area contributed by atoms with Crippen molar-refractivity contribution in [1.29, 1.82) is 0 Å². The molecule has 2 aromatic rings. The van der Waals surface area contributed by atoms with Gasteiger partial charge in [0.05, 0.1) is 11.3 Å². The number of hydrogen-bond acceptors (Lipinski definition) is 4. The van der Waals surface area contributed by atoms with Gasteiger partial charge >= 0.3 is 12.1 Å². The molecule has 3 rings (SSSR count). The lowest BCUT2D eigenvalue weighted by Gasteiger charge is -2.34. The van der Waals surface area contributed by atoms with Gasteiger partial charge in [-0.15, -0.1) is 0 Å². The highest BCUT2D eigenvalue weighted by molar-refractivity contribution is 5.88. The van der Waals surface area contributed by atoms with Gasteiger partial charge in [0.2, 0.25) is 0 Å². The Balaban J connectivity index is 1.76. The van der Waals surface area contributed by atoms with Crippen LogP contribution >= 0.6 is 0 Å². The number of amides is 1. The maximum absolute atomic E-state index is 12.4. The minimum atomic E-state index is -0.947. The molecule has 6 heteroatoms. The van der Waals surface area contributed by atoms with E-state index in [9.17, 15) is 9.59 Å². The lowest BCUT2D eigenvalue weighted by atomic mass is 9.90. The number of piperidine rings is 1. The summed E-state index contributed by atoms with van der Waals surface area (Å²) < 4.78 is 5.51. The first-order valence-corrected chi connectivity index (χ1v) is 9.50. The lowest BCUT2D eigenvalue weighted by molar-refractivity contribution is 0.0198. The van der Waals surface area contributed by atoms with Gasteiger partial charge in [0, 0.05) is 30.8 Å². The molecule has 0 aliphatic carbocycles. The van der Waals surface area contributed by atoms with E-state index in [1.165, 1.54) is 0 Å². The Kier molecular flexibility index (Phi) is 5.68. The number of nitrogens with zero attached hydrogens (tertiary/aromatic N) is 2. The number of carboxylic acids is 1. The Labute approximate surface area is 165 Å². The fraction of sp³-hybridized carbons (Fsp3) is 0.409. The Morgan fingerprint density at radius 2 is 1.89 bits per heavy atom. The topological polar surface area (TPSA) is 79.7 Å². The molecule has 1 amide bonds. The van der Waals surface area contributed by atoms with Crippen molar-refractivity contribution in [3.63, 3.8) is 0 Å². The summed E-state index contributed by atoms with van der Waals surface area (Å²) in [5.41, 5.74) is 2.53. The Morgan fingerprint density at radius 1 is 1.18 bits per heavy atom. The molecule has 148 valence electrons. The summed E-state index contributed by atoms with van der Waals surface area (Å²) in [7, 11) is 0. The van der Waals surface area contributed by atoms with Crippen molar-refractivity contribution in [3.05, 3.63) is 53.7 Å². The van der Waals surface area contributed by atoms with E-state index >= 15 is 0 Å². The van der Waals surface area contributed by atoms with Gasteiger partial charge in [0.15, 0.2) is 0 Å². The van der Waals surface area contributed by atoms with Crippen LogP contribution in [0.15, 0.2) is 42.6 Å². The number of carbonyl (C=O) groups is 2.